The summed E-state index contributed by atoms with van der Waals surface area (Å²) >= 11 is 0. The van der Waals surface area contributed by atoms with Crippen molar-refractivity contribution in [1.82, 2.24) is 10.6 Å². The van der Waals surface area contributed by atoms with Crippen molar-refractivity contribution in [1.29, 1.82) is 0 Å². The van der Waals surface area contributed by atoms with Gasteiger partial charge < -0.3 is 15.4 Å². The van der Waals surface area contributed by atoms with E-state index in [4.69, 9.17) is 9.73 Å². The number of ether oxygens (including phenoxy) is 1. The predicted octanol–water partition coefficient (Wildman–Crippen LogP) is 3.25. The summed E-state index contributed by atoms with van der Waals surface area (Å²) in [5, 5.41) is 6.82. The molecule has 1 aliphatic heterocycles. The second-order valence-electron chi connectivity index (χ2n) is 7.18. The van der Waals surface area contributed by atoms with Crippen LogP contribution in [0.3, 0.4) is 0 Å². The number of aryl methyl sites for hydroxylation is 1. The van der Waals surface area contributed by atoms with Gasteiger partial charge in [0.1, 0.15) is 0 Å². The topological polar surface area (TPSA) is 45.7 Å². The number of guanidine groups is 1. The van der Waals surface area contributed by atoms with Crippen molar-refractivity contribution in [2.45, 2.75) is 46.0 Å². The lowest BCUT2D eigenvalue weighted by molar-refractivity contribution is 0.0529. The molecule has 0 aromatic heterocycles. The van der Waals surface area contributed by atoms with E-state index in [1.807, 2.05) is 0 Å². The summed E-state index contributed by atoms with van der Waals surface area (Å²) < 4.78 is 5.64. The van der Waals surface area contributed by atoms with Crippen LogP contribution in [-0.4, -0.2) is 38.8 Å². The second-order valence-corrected chi connectivity index (χ2v) is 7.18. The summed E-state index contributed by atoms with van der Waals surface area (Å²) in [6, 6.07) is 8.73. The first-order valence-corrected chi connectivity index (χ1v) is 9.23. The summed E-state index contributed by atoms with van der Waals surface area (Å²) in [7, 11) is 0. The lowest BCUT2D eigenvalue weighted by atomic mass is 9.72. The number of hydrogen-bond acceptors (Lipinski definition) is 2. The van der Waals surface area contributed by atoms with Crippen LogP contribution in [0.25, 0.3) is 0 Å². The molecule has 0 atom stereocenters. The van der Waals surface area contributed by atoms with Gasteiger partial charge in [-0.05, 0) is 43.7 Å². The van der Waals surface area contributed by atoms with E-state index in [9.17, 15) is 0 Å². The Morgan fingerprint density at radius 1 is 1.21 bits per heavy atom. The van der Waals surface area contributed by atoms with E-state index in [1.54, 1.807) is 0 Å². The molecule has 4 heteroatoms. The summed E-state index contributed by atoms with van der Waals surface area (Å²) in [5.74, 6) is 1.52. The number of benzene rings is 1. The molecule has 1 aromatic rings. The normalized spacial score (nSPS) is 17.8. The third-order valence-corrected chi connectivity index (χ3v) is 4.73. The minimum atomic E-state index is 0.0871. The van der Waals surface area contributed by atoms with Crippen LogP contribution >= 0.6 is 0 Å². The molecule has 2 rings (SSSR count). The van der Waals surface area contributed by atoms with Gasteiger partial charge in [0, 0.05) is 31.7 Å². The van der Waals surface area contributed by atoms with Gasteiger partial charge in [0.2, 0.25) is 0 Å². The van der Waals surface area contributed by atoms with Crippen LogP contribution in [0, 0.1) is 12.8 Å². The average molecular weight is 332 g/mol. The molecule has 0 radical (unpaired) electrons. The summed E-state index contributed by atoms with van der Waals surface area (Å²) in [6.45, 7) is 13.0. The minimum Gasteiger partial charge on any atom is -0.381 e. The molecule has 0 spiro atoms. The van der Waals surface area contributed by atoms with E-state index < -0.39 is 0 Å². The van der Waals surface area contributed by atoms with E-state index >= 15 is 0 Å². The van der Waals surface area contributed by atoms with Gasteiger partial charge in [0.15, 0.2) is 5.96 Å². The third-order valence-electron chi connectivity index (χ3n) is 4.73. The number of aliphatic imine (C=N–C) groups is 1. The quantitative estimate of drug-likeness (QED) is 0.621. The van der Waals surface area contributed by atoms with Crippen molar-refractivity contribution in [3.63, 3.8) is 0 Å². The van der Waals surface area contributed by atoms with Gasteiger partial charge in [0.05, 0.1) is 6.54 Å². The third kappa shape index (κ3) is 4.97. The van der Waals surface area contributed by atoms with E-state index in [1.165, 1.54) is 11.1 Å². The summed E-state index contributed by atoms with van der Waals surface area (Å²) in [5.41, 5.74) is 2.87. The molecule has 0 saturated carbocycles. The van der Waals surface area contributed by atoms with Crippen molar-refractivity contribution in [3.05, 3.63) is 35.4 Å². The maximum absolute atomic E-state index is 5.64. The SMILES string of the molecule is CCNC(=NCC1(c2ccccc2C)CCOCC1)NCC(C)C. The van der Waals surface area contributed by atoms with E-state index in [0.717, 1.165) is 51.6 Å². The predicted molar refractivity (Wildman–Crippen MR) is 102 cm³/mol. The Kier molecular flexibility index (Phi) is 7.10. The Labute approximate surface area is 147 Å². The van der Waals surface area contributed by atoms with E-state index in [-0.39, 0.29) is 5.41 Å². The first-order chi connectivity index (χ1) is 11.6. The van der Waals surface area contributed by atoms with Crippen LogP contribution in [0.15, 0.2) is 29.3 Å². The number of hydrogen-bond donors (Lipinski definition) is 2. The van der Waals surface area contributed by atoms with Crippen molar-refractivity contribution in [2.24, 2.45) is 10.9 Å². The van der Waals surface area contributed by atoms with Gasteiger partial charge in [-0.2, -0.15) is 0 Å². The maximum Gasteiger partial charge on any atom is 0.191 e. The molecule has 4 nitrogen and oxygen atoms in total. The highest BCUT2D eigenvalue weighted by Gasteiger charge is 2.35. The fraction of sp³-hybridized carbons (Fsp3) is 0.650. The fourth-order valence-electron chi connectivity index (χ4n) is 3.32. The van der Waals surface area contributed by atoms with Crippen LogP contribution in [0.1, 0.15) is 44.7 Å². The average Bonchev–Trinajstić information content (AvgIpc) is 2.58. The van der Waals surface area contributed by atoms with E-state index in [0.29, 0.717) is 5.92 Å². The molecular weight excluding hydrogens is 298 g/mol. The Bertz CT molecular complexity index is 533. The first-order valence-electron chi connectivity index (χ1n) is 9.23. The molecule has 1 saturated heterocycles. The molecule has 24 heavy (non-hydrogen) atoms. The zero-order chi connectivity index (χ0) is 17.4. The fourth-order valence-corrected chi connectivity index (χ4v) is 3.32. The summed E-state index contributed by atoms with van der Waals surface area (Å²) in [6.07, 6.45) is 2.07. The first kappa shape index (κ1) is 18.8. The van der Waals surface area contributed by atoms with Crippen LogP contribution < -0.4 is 10.6 Å². The standard InChI is InChI=1S/C20H33N3O/c1-5-21-19(22-14-16(2)3)23-15-20(10-12-24-13-11-20)18-9-7-6-8-17(18)4/h6-9,16H,5,10-15H2,1-4H3,(H2,21,22,23). The maximum atomic E-state index is 5.64. The van der Waals surface area contributed by atoms with Crippen LogP contribution in [-0.2, 0) is 10.2 Å². The molecule has 2 N–H and O–H groups in total. The molecule has 0 bridgehead atoms. The Morgan fingerprint density at radius 3 is 2.54 bits per heavy atom. The van der Waals surface area contributed by atoms with Crippen molar-refractivity contribution >= 4 is 5.96 Å². The highest BCUT2D eigenvalue weighted by atomic mass is 16.5. The highest BCUT2D eigenvalue weighted by Crippen LogP contribution is 2.36. The molecular formula is C20H33N3O. The van der Waals surface area contributed by atoms with E-state index in [2.05, 4.69) is 62.6 Å². The van der Waals surface area contributed by atoms with Gasteiger partial charge in [0.25, 0.3) is 0 Å². The Morgan fingerprint density at radius 2 is 1.92 bits per heavy atom. The monoisotopic (exact) mass is 331 g/mol. The Hall–Kier alpha value is -1.55. The van der Waals surface area contributed by atoms with Gasteiger partial charge in [-0.15, -0.1) is 0 Å². The number of nitrogens with one attached hydrogen (secondary N) is 2. The van der Waals surface area contributed by atoms with Gasteiger partial charge in [-0.3, -0.25) is 4.99 Å². The van der Waals surface area contributed by atoms with Crippen LogP contribution in [0.5, 0.6) is 0 Å². The zero-order valence-corrected chi connectivity index (χ0v) is 15.7. The van der Waals surface area contributed by atoms with Gasteiger partial charge in [-0.1, -0.05) is 38.1 Å². The Balaban J connectivity index is 2.21. The molecule has 134 valence electrons. The van der Waals surface area contributed by atoms with Gasteiger partial charge >= 0.3 is 0 Å². The smallest absolute Gasteiger partial charge is 0.191 e. The zero-order valence-electron chi connectivity index (χ0n) is 15.7. The molecule has 1 fully saturated rings. The van der Waals surface area contributed by atoms with Crippen molar-refractivity contribution < 1.29 is 4.74 Å². The number of rotatable bonds is 6. The highest BCUT2D eigenvalue weighted by molar-refractivity contribution is 5.79. The molecule has 0 aliphatic carbocycles. The number of nitrogens with zero attached hydrogens (tertiary/aromatic N) is 1. The summed E-state index contributed by atoms with van der Waals surface area (Å²) in [4.78, 5) is 4.94. The second kappa shape index (κ2) is 9.07. The minimum absolute atomic E-state index is 0.0871. The molecule has 0 amide bonds. The molecule has 1 aromatic carbocycles. The van der Waals surface area contributed by atoms with Crippen LogP contribution in [0.2, 0.25) is 0 Å². The molecule has 1 aliphatic rings. The molecule has 0 unspecified atom stereocenters. The van der Waals surface area contributed by atoms with Gasteiger partial charge in [-0.25, -0.2) is 0 Å². The van der Waals surface area contributed by atoms with Crippen LogP contribution in [0.4, 0.5) is 0 Å². The largest absolute Gasteiger partial charge is 0.381 e. The molecule has 1 heterocycles. The van der Waals surface area contributed by atoms with Crippen molar-refractivity contribution in [3.8, 4) is 0 Å². The lowest BCUT2D eigenvalue weighted by Crippen LogP contribution is -2.42. The van der Waals surface area contributed by atoms with Crippen molar-refractivity contribution in [2.75, 3.05) is 32.8 Å². The lowest BCUT2D eigenvalue weighted by Gasteiger charge is -2.37.